The maximum atomic E-state index is 4.47. The lowest BCUT2D eigenvalue weighted by Crippen LogP contribution is -1.73. The van der Waals surface area contributed by atoms with Crippen LogP contribution in [0.5, 0.6) is 0 Å². The second kappa shape index (κ2) is 6.73. The van der Waals surface area contributed by atoms with Gasteiger partial charge in [0.15, 0.2) is 0 Å². The smallest absolute Gasteiger partial charge is 0.0907 e. The number of aromatic nitrogens is 1. The Kier molecular flexibility index (Phi) is 5.00. The molecule has 0 unspecified atom stereocenters. The van der Waals surface area contributed by atoms with Crippen LogP contribution in [-0.2, 0) is 0 Å². The minimum atomic E-state index is 1.10. The third kappa shape index (κ3) is 3.58. The van der Waals surface area contributed by atoms with Gasteiger partial charge < -0.3 is 0 Å². The summed E-state index contributed by atoms with van der Waals surface area (Å²) in [6.45, 7) is 6.05. The number of aryl methyl sites for hydroxylation is 1. The van der Waals surface area contributed by atoms with Crippen LogP contribution in [0.2, 0.25) is 0 Å². The topological polar surface area (TPSA) is 12.9 Å². The number of benzene rings is 2. The molecule has 0 aliphatic carbocycles. The standard InChI is InChI=1S/C14H11NS2.C2H6/c1-10-15-13-8-7-12(9-14(13)16-10)17-11-5-3-2-4-6-11;1-2/h2-9H,1H3;1-2H3. The molecule has 0 radical (unpaired) electrons. The van der Waals surface area contributed by atoms with Crippen LogP contribution in [0.3, 0.4) is 0 Å². The summed E-state index contributed by atoms with van der Waals surface area (Å²) < 4.78 is 1.27. The van der Waals surface area contributed by atoms with E-state index in [4.69, 9.17) is 0 Å². The molecule has 0 bridgehead atoms. The van der Waals surface area contributed by atoms with E-state index < -0.39 is 0 Å². The van der Waals surface area contributed by atoms with Crippen molar-refractivity contribution >= 4 is 33.3 Å². The fourth-order valence-corrected chi connectivity index (χ4v) is 3.53. The first-order chi connectivity index (χ1) is 9.31. The number of hydrogen-bond acceptors (Lipinski definition) is 3. The predicted molar refractivity (Wildman–Crippen MR) is 86.3 cm³/mol. The second-order valence-corrected chi connectivity index (χ2v) is 6.16. The van der Waals surface area contributed by atoms with Gasteiger partial charge in [0.1, 0.15) is 0 Å². The van der Waals surface area contributed by atoms with Crippen LogP contribution in [0.25, 0.3) is 10.2 Å². The molecule has 98 valence electrons. The largest absolute Gasteiger partial charge is 0.242 e. The fourth-order valence-electron chi connectivity index (χ4n) is 1.71. The van der Waals surface area contributed by atoms with Gasteiger partial charge in [-0.25, -0.2) is 4.98 Å². The van der Waals surface area contributed by atoms with Crippen LogP contribution in [0.15, 0.2) is 58.3 Å². The third-order valence-corrected chi connectivity index (χ3v) is 4.38. The maximum absolute atomic E-state index is 4.47. The first-order valence-corrected chi connectivity index (χ1v) is 8.05. The Labute approximate surface area is 122 Å². The monoisotopic (exact) mass is 287 g/mol. The number of nitrogens with zero attached hydrogens (tertiary/aromatic N) is 1. The molecule has 3 aromatic rings. The molecular weight excluding hydrogens is 270 g/mol. The van der Waals surface area contributed by atoms with Crippen molar-refractivity contribution in [3.63, 3.8) is 0 Å². The van der Waals surface area contributed by atoms with Gasteiger partial charge in [-0.2, -0.15) is 0 Å². The highest BCUT2D eigenvalue weighted by Gasteiger charge is 2.02. The van der Waals surface area contributed by atoms with Crippen LogP contribution < -0.4 is 0 Å². The molecule has 0 saturated carbocycles. The summed E-state index contributed by atoms with van der Waals surface area (Å²) in [4.78, 5) is 7.01. The van der Waals surface area contributed by atoms with Gasteiger partial charge in [0.25, 0.3) is 0 Å². The number of hydrogen-bond donors (Lipinski definition) is 0. The Morgan fingerprint density at radius 1 is 0.947 bits per heavy atom. The Bertz CT molecular complexity index is 644. The first kappa shape index (κ1) is 14.1. The minimum Gasteiger partial charge on any atom is -0.242 e. The Morgan fingerprint density at radius 2 is 1.68 bits per heavy atom. The number of fused-ring (bicyclic) bond motifs is 1. The van der Waals surface area contributed by atoms with Gasteiger partial charge in [-0.1, -0.05) is 43.8 Å². The van der Waals surface area contributed by atoms with E-state index >= 15 is 0 Å². The highest BCUT2D eigenvalue weighted by Crippen LogP contribution is 2.31. The van der Waals surface area contributed by atoms with Gasteiger partial charge in [0.05, 0.1) is 15.2 Å². The van der Waals surface area contributed by atoms with Crippen molar-refractivity contribution in [3.05, 3.63) is 53.5 Å². The lowest BCUT2D eigenvalue weighted by Gasteiger charge is -2.00. The van der Waals surface area contributed by atoms with E-state index in [1.165, 1.54) is 14.5 Å². The Hall–Kier alpha value is -1.32. The van der Waals surface area contributed by atoms with Crippen molar-refractivity contribution in [2.24, 2.45) is 0 Å². The average molecular weight is 287 g/mol. The predicted octanol–water partition coefficient (Wildman–Crippen LogP) is 5.78. The van der Waals surface area contributed by atoms with E-state index in [-0.39, 0.29) is 0 Å². The maximum Gasteiger partial charge on any atom is 0.0907 e. The average Bonchev–Trinajstić information content (AvgIpc) is 2.81. The van der Waals surface area contributed by atoms with Gasteiger partial charge in [-0.3, -0.25) is 0 Å². The van der Waals surface area contributed by atoms with Gasteiger partial charge in [-0.15, -0.1) is 11.3 Å². The molecule has 3 rings (SSSR count). The molecule has 0 fully saturated rings. The molecule has 3 heteroatoms. The Balaban J connectivity index is 0.000000637. The van der Waals surface area contributed by atoms with E-state index in [2.05, 4.69) is 54.4 Å². The molecule has 0 atom stereocenters. The summed E-state index contributed by atoms with van der Waals surface area (Å²) in [5.41, 5.74) is 1.10. The summed E-state index contributed by atoms with van der Waals surface area (Å²) in [6.07, 6.45) is 0. The van der Waals surface area contributed by atoms with Gasteiger partial charge >= 0.3 is 0 Å². The summed E-state index contributed by atoms with van der Waals surface area (Å²) in [5.74, 6) is 0. The molecule has 1 nitrogen and oxygen atoms in total. The Morgan fingerprint density at radius 3 is 2.42 bits per heavy atom. The highest BCUT2D eigenvalue weighted by atomic mass is 32.2. The van der Waals surface area contributed by atoms with Crippen LogP contribution in [-0.4, -0.2) is 4.98 Å². The lowest BCUT2D eigenvalue weighted by atomic mass is 10.3. The summed E-state index contributed by atoms with van der Waals surface area (Å²) in [6, 6.07) is 16.9. The SMILES string of the molecule is CC.Cc1nc2ccc(Sc3ccccc3)cc2s1. The molecule has 0 amide bonds. The lowest BCUT2D eigenvalue weighted by molar-refractivity contribution is 1.34. The summed E-state index contributed by atoms with van der Waals surface area (Å²) in [7, 11) is 0. The molecule has 0 aliphatic rings. The van der Waals surface area contributed by atoms with Crippen molar-refractivity contribution in [2.45, 2.75) is 30.6 Å². The van der Waals surface area contributed by atoms with Crippen LogP contribution in [0.4, 0.5) is 0 Å². The molecule has 0 N–H and O–H groups in total. The van der Waals surface area contributed by atoms with Gasteiger partial charge in [-0.05, 0) is 37.3 Å². The van der Waals surface area contributed by atoms with Crippen molar-refractivity contribution in [1.29, 1.82) is 0 Å². The van der Waals surface area contributed by atoms with Gasteiger partial charge in [0, 0.05) is 9.79 Å². The summed E-state index contributed by atoms with van der Waals surface area (Å²) >= 11 is 3.54. The number of thiazole rings is 1. The van der Waals surface area contributed by atoms with Crippen molar-refractivity contribution in [1.82, 2.24) is 4.98 Å². The molecule has 0 spiro atoms. The third-order valence-electron chi connectivity index (χ3n) is 2.45. The van der Waals surface area contributed by atoms with E-state index in [0.717, 1.165) is 10.5 Å². The van der Waals surface area contributed by atoms with E-state index in [1.807, 2.05) is 19.9 Å². The molecule has 0 aliphatic heterocycles. The fraction of sp³-hybridized carbons (Fsp3) is 0.188. The van der Waals surface area contributed by atoms with E-state index in [9.17, 15) is 0 Å². The van der Waals surface area contributed by atoms with Crippen LogP contribution in [0, 0.1) is 6.92 Å². The summed E-state index contributed by atoms with van der Waals surface area (Å²) in [5, 5.41) is 1.13. The first-order valence-electron chi connectivity index (χ1n) is 6.41. The zero-order valence-electron chi connectivity index (χ0n) is 11.4. The van der Waals surface area contributed by atoms with Crippen molar-refractivity contribution in [3.8, 4) is 0 Å². The molecule has 1 heterocycles. The normalized spacial score (nSPS) is 10.1. The van der Waals surface area contributed by atoms with E-state index in [0.29, 0.717) is 0 Å². The molecular formula is C16H17NS2. The minimum absolute atomic E-state index is 1.10. The van der Waals surface area contributed by atoms with Gasteiger partial charge in [0.2, 0.25) is 0 Å². The number of rotatable bonds is 2. The van der Waals surface area contributed by atoms with Crippen LogP contribution >= 0.6 is 23.1 Å². The zero-order valence-corrected chi connectivity index (χ0v) is 13.0. The quantitative estimate of drug-likeness (QED) is 0.592. The molecule has 19 heavy (non-hydrogen) atoms. The van der Waals surface area contributed by atoms with Crippen LogP contribution in [0.1, 0.15) is 18.9 Å². The van der Waals surface area contributed by atoms with E-state index in [1.54, 1.807) is 23.1 Å². The molecule has 2 aromatic carbocycles. The van der Waals surface area contributed by atoms with Crippen molar-refractivity contribution < 1.29 is 0 Å². The molecule has 1 aromatic heterocycles. The van der Waals surface area contributed by atoms with Crippen molar-refractivity contribution in [2.75, 3.05) is 0 Å². The zero-order chi connectivity index (χ0) is 13.7. The second-order valence-electron chi connectivity index (χ2n) is 3.78. The highest BCUT2D eigenvalue weighted by molar-refractivity contribution is 7.99. The molecule has 0 saturated heterocycles.